The zero-order valence-corrected chi connectivity index (χ0v) is 7.86. The maximum absolute atomic E-state index is 11.4. The van der Waals surface area contributed by atoms with Crippen LogP contribution in [-0.4, -0.2) is 21.7 Å². The molecule has 0 amide bonds. The molecule has 1 unspecified atom stereocenters. The van der Waals surface area contributed by atoms with Crippen molar-refractivity contribution in [3.63, 3.8) is 0 Å². The number of nitrogens with two attached hydrogens (primary N) is 1. The van der Waals surface area contributed by atoms with Gasteiger partial charge in [-0.1, -0.05) is 0 Å². The Morgan fingerprint density at radius 3 is 2.93 bits per heavy atom. The fraction of sp³-hybridized carbons (Fsp3) is 0.400. The van der Waals surface area contributed by atoms with E-state index in [2.05, 4.69) is 4.98 Å². The summed E-state index contributed by atoms with van der Waals surface area (Å²) in [5, 5.41) is 0. The van der Waals surface area contributed by atoms with E-state index in [1.807, 2.05) is 0 Å². The van der Waals surface area contributed by atoms with Crippen LogP contribution in [0, 0.1) is 0 Å². The van der Waals surface area contributed by atoms with Crippen molar-refractivity contribution in [1.82, 2.24) is 9.71 Å². The van der Waals surface area contributed by atoms with E-state index >= 15 is 0 Å². The summed E-state index contributed by atoms with van der Waals surface area (Å²) in [5.74, 6) is 0.307. The first-order valence-electron chi connectivity index (χ1n) is 3.73. The van der Waals surface area contributed by atoms with Gasteiger partial charge in [0, 0.05) is 6.42 Å². The second-order valence-electron chi connectivity index (χ2n) is 2.69. The SMILES string of the molecule is NCCc1c2nc3n1OP(=O)(O2)O3.O. The fourth-order valence-electron chi connectivity index (χ4n) is 1.32. The minimum absolute atomic E-state index is 0. The molecule has 0 saturated carbocycles. The number of phosphoric ester groups is 1. The number of rotatable bonds is 2. The lowest BCUT2D eigenvalue weighted by Crippen LogP contribution is -2.17. The summed E-state index contributed by atoms with van der Waals surface area (Å²) < 4.78 is 27.3. The van der Waals surface area contributed by atoms with Gasteiger partial charge in [0.05, 0.1) is 0 Å². The van der Waals surface area contributed by atoms with Crippen molar-refractivity contribution in [3.8, 4) is 11.9 Å². The summed E-state index contributed by atoms with van der Waals surface area (Å²) in [4.78, 5) is 3.89. The third-order valence-electron chi connectivity index (χ3n) is 1.82. The first-order chi connectivity index (χ1) is 6.22. The Kier molecular flexibility index (Phi) is 1.75. The molecule has 4 rings (SSSR count). The number of phosphoric acid groups is 1. The molecule has 14 heavy (non-hydrogen) atoms. The molecular weight excluding hydrogens is 213 g/mol. The monoisotopic (exact) mass is 221 g/mol. The van der Waals surface area contributed by atoms with E-state index in [4.69, 9.17) is 19.4 Å². The molecule has 8 nitrogen and oxygen atoms in total. The molecule has 9 heteroatoms. The van der Waals surface area contributed by atoms with Crippen LogP contribution >= 0.6 is 7.82 Å². The minimum Gasteiger partial charge on any atom is -0.412 e. The van der Waals surface area contributed by atoms with E-state index in [1.165, 1.54) is 4.73 Å². The molecule has 3 aliphatic rings. The zero-order valence-electron chi connectivity index (χ0n) is 6.97. The summed E-state index contributed by atoms with van der Waals surface area (Å²) >= 11 is 0. The van der Waals surface area contributed by atoms with Gasteiger partial charge in [-0.25, -0.2) is 0 Å². The van der Waals surface area contributed by atoms with Crippen LogP contribution in [0.1, 0.15) is 5.69 Å². The molecule has 0 aliphatic carbocycles. The van der Waals surface area contributed by atoms with Gasteiger partial charge in [-0.2, -0.15) is 9.55 Å². The molecule has 78 valence electrons. The molecule has 4 N–H and O–H groups in total. The highest BCUT2D eigenvalue weighted by Gasteiger charge is 2.51. The average molecular weight is 221 g/mol. The lowest BCUT2D eigenvalue weighted by atomic mass is 10.3. The Morgan fingerprint density at radius 1 is 1.50 bits per heavy atom. The lowest BCUT2D eigenvalue weighted by Gasteiger charge is -2.15. The van der Waals surface area contributed by atoms with E-state index in [0.717, 1.165) is 0 Å². The quantitative estimate of drug-likeness (QED) is 0.631. The highest BCUT2D eigenvalue weighted by Crippen LogP contribution is 2.57. The van der Waals surface area contributed by atoms with Crippen molar-refractivity contribution >= 4 is 7.82 Å². The van der Waals surface area contributed by atoms with Crippen LogP contribution in [0.2, 0.25) is 0 Å². The smallest absolute Gasteiger partial charge is 0.412 e. The van der Waals surface area contributed by atoms with Gasteiger partial charge in [-0.3, -0.25) is 4.62 Å². The molecule has 1 atom stereocenters. The molecule has 0 saturated heterocycles. The van der Waals surface area contributed by atoms with Gasteiger partial charge in [0.2, 0.25) is 0 Å². The molecule has 3 aliphatic heterocycles. The topological polar surface area (TPSA) is 120 Å². The van der Waals surface area contributed by atoms with Gasteiger partial charge in [0.25, 0.3) is 5.88 Å². The maximum Gasteiger partial charge on any atom is 0.670 e. The third kappa shape index (κ3) is 0.955. The molecule has 0 radical (unpaired) electrons. The third-order valence-corrected chi connectivity index (χ3v) is 2.96. The summed E-state index contributed by atoms with van der Waals surface area (Å²) in [6, 6.07) is 0.188. The van der Waals surface area contributed by atoms with Crippen molar-refractivity contribution in [2.45, 2.75) is 6.42 Å². The first kappa shape index (κ1) is 9.32. The normalized spacial score (nSPS) is 24.9. The van der Waals surface area contributed by atoms with Crippen LogP contribution in [-0.2, 0) is 11.0 Å². The Hall–Kier alpha value is -1.24. The van der Waals surface area contributed by atoms with E-state index < -0.39 is 7.82 Å². The predicted molar refractivity (Wildman–Crippen MR) is 44.0 cm³/mol. The molecule has 4 heterocycles. The standard InChI is InChI=1S/C5H6N3O4P.H2O/c6-2-1-3-4-7-5-8(3)12-13(9,10-4)11-5;/h1-2,6H2;1H2. The zero-order chi connectivity index (χ0) is 9.05. The molecule has 0 spiro atoms. The van der Waals surface area contributed by atoms with Crippen molar-refractivity contribution < 1.29 is 23.7 Å². The summed E-state index contributed by atoms with van der Waals surface area (Å²) in [6.07, 6.45) is 0.547. The van der Waals surface area contributed by atoms with Crippen LogP contribution < -0.4 is 19.4 Å². The van der Waals surface area contributed by atoms with Gasteiger partial charge in [-0.15, -0.1) is 4.73 Å². The second-order valence-corrected chi connectivity index (χ2v) is 4.11. The van der Waals surface area contributed by atoms with Crippen molar-refractivity contribution in [1.29, 1.82) is 0 Å². The van der Waals surface area contributed by atoms with Crippen molar-refractivity contribution in [3.05, 3.63) is 5.69 Å². The van der Waals surface area contributed by atoms with E-state index in [1.54, 1.807) is 0 Å². The minimum atomic E-state index is -3.39. The van der Waals surface area contributed by atoms with E-state index in [9.17, 15) is 4.57 Å². The first-order valence-corrected chi connectivity index (χ1v) is 5.19. The summed E-state index contributed by atoms with van der Waals surface area (Å²) in [5.41, 5.74) is 6.04. The predicted octanol–water partition coefficient (Wildman–Crippen LogP) is -1.12. The molecule has 0 aromatic carbocycles. The van der Waals surface area contributed by atoms with E-state index in [0.29, 0.717) is 24.5 Å². The summed E-state index contributed by atoms with van der Waals surface area (Å²) in [6.45, 7) is 0.440. The van der Waals surface area contributed by atoms with Gasteiger partial charge in [0.1, 0.15) is 5.69 Å². The van der Waals surface area contributed by atoms with Crippen molar-refractivity contribution in [2.24, 2.45) is 5.73 Å². The summed E-state index contributed by atoms with van der Waals surface area (Å²) in [7, 11) is -3.39. The molecule has 4 bridgehead atoms. The van der Waals surface area contributed by atoms with Crippen molar-refractivity contribution in [2.75, 3.05) is 6.54 Å². The molecule has 0 fully saturated rings. The largest absolute Gasteiger partial charge is 0.670 e. The van der Waals surface area contributed by atoms with Crippen LogP contribution in [0.15, 0.2) is 0 Å². The highest BCUT2D eigenvalue weighted by molar-refractivity contribution is 7.49. The maximum atomic E-state index is 11.4. The van der Waals surface area contributed by atoms with Crippen LogP contribution in [0.25, 0.3) is 0 Å². The fourth-order valence-corrected chi connectivity index (χ4v) is 2.46. The Morgan fingerprint density at radius 2 is 2.29 bits per heavy atom. The lowest BCUT2D eigenvalue weighted by molar-refractivity contribution is 0.218. The Bertz CT molecular complexity index is 423. The van der Waals surface area contributed by atoms with Crippen LogP contribution in [0.3, 0.4) is 0 Å². The van der Waals surface area contributed by atoms with Gasteiger partial charge in [-0.05, 0) is 6.54 Å². The van der Waals surface area contributed by atoms with Gasteiger partial charge >= 0.3 is 13.8 Å². The number of aromatic nitrogens is 2. The Labute approximate surface area is 78.5 Å². The van der Waals surface area contributed by atoms with Gasteiger partial charge in [0.15, 0.2) is 0 Å². The van der Waals surface area contributed by atoms with Gasteiger partial charge < -0.3 is 20.3 Å². The van der Waals surface area contributed by atoms with Crippen LogP contribution in [0.5, 0.6) is 11.9 Å². The molecule has 1 aromatic rings. The number of nitrogens with zero attached hydrogens (tertiary/aromatic N) is 2. The number of hydrogen-bond acceptors (Lipinski definition) is 6. The number of hydrogen-bond donors (Lipinski definition) is 1. The van der Waals surface area contributed by atoms with Crippen LogP contribution in [0.4, 0.5) is 0 Å². The van der Waals surface area contributed by atoms with E-state index in [-0.39, 0.29) is 11.5 Å². The average Bonchev–Trinajstić information content (AvgIpc) is 2.42. The molecule has 1 aromatic heterocycles. The Balaban J connectivity index is 0.000000750. The number of imidazole rings is 1. The second kappa shape index (κ2) is 2.63. The molecular formula is C5H8N3O5P. The highest BCUT2D eigenvalue weighted by atomic mass is 31.2.